The standard InChI is InChI=1S/C12H13BrN4O/c13-9-2-1-3-10(6-9)16-12(18)11-7-17(5-4-14)8-15-11/h1-3,6-8H,4-5,14H2,(H,16,18). The van der Waals surface area contributed by atoms with Gasteiger partial charge in [-0.25, -0.2) is 4.98 Å². The molecule has 2 rings (SSSR count). The lowest BCUT2D eigenvalue weighted by Crippen LogP contribution is -2.12. The third-order valence-electron chi connectivity index (χ3n) is 2.34. The number of benzene rings is 1. The molecule has 0 saturated heterocycles. The first-order valence-electron chi connectivity index (χ1n) is 5.48. The normalized spacial score (nSPS) is 10.3. The van der Waals surface area contributed by atoms with Crippen molar-refractivity contribution in [2.75, 3.05) is 11.9 Å². The number of hydrogen-bond acceptors (Lipinski definition) is 3. The fourth-order valence-electron chi connectivity index (χ4n) is 1.51. The van der Waals surface area contributed by atoms with Crippen molar-refractivity contribution < 1.29 is 4.79 Å². The molecule has 1 aromatic carbocycles. The summed E-state index contributed by atoms with van der Waals surface area (Å²) in [6, 6.07) is 7.40. The zero-order valence-electron chi connectivity index (χ0n) is 9.64. The van der Waals surface area contributed by atoms with Gasteiger partial charge in [0.1, 0.15) is 5.69 Å². The average Bonchev–Trinajstić information content (AvgIpc) is 2.78. The van der Waals surface area contributed by atoms with Crippen LogP contribution in [-0.2, 0) is 6.54 Å². The number of nitrogens with zero attached hydrogens (tertiary/aromatic N) is 2. The van der Waals surface area contributed by atoms with Gasteiger partial charge in [-0.1, -0.05) is 22.0 Å². The summed E-state index contributed by atoms with van der Waals surface area (Å²) in [5.41, 5.74) is 6.53. The van der Waals surface area contributed by atoms with E-state index in [1.807, 2.05) is 24.3 Å². The predicted octanol–water partition coefficient (Wildman–Crippen LogP) is 1.86. The van der Waals surface area contributed by atoms with Crippen molar-refractivity contribution in [1.82, 2.24) is 9.55 Å². The highest BCUT2D eigenvalue weighted by Gasteiger charge is 2.09. The second-order valence-corrected chi connectivity index (χ2v) is 4.67. The zero-order valence-corrected chi connectivity index (χ0v) is 11.2. The Labute approximate surface area is 113 Å². The molecule has 6 heteroatoms. The summed E-state index contributed by atoms with van der Waals surface area (Å²) in [6.07, 6.45) is 3.28. The SMILES string of the molecule is NCCn1cnc(C(=O)Nc2cccc(Br)c2)c1. The Bertz CT molecular complexity index is 553. The van der Waals surface area contributed by atoms with Crippen LogP contribution in [0.15, 0.2) is 41.3 Å². The fraction of sp³-hybridized carbons (Fsp3) is 0.167. The van der Waals surface area contributed by atoms with Gasteiger partial charge in [-0.05, 0) is 18.2 Å². The Morgan fingerprint density at radius 3 is 3.06 bits per heavy atom. The molecule has 0 atom stereocenters. The van der Waals surface area contributed by atoms with Crippen molar-refractivity contribution >= 4 is 27.5 Å². The lowest BCUT2D eigenvalue weighted by atomic mass is 10.3. The van der Waals surface area contributed by atoms with Crippen LogP contribution in [0.25, 0.3) is 0 Å². The molecule has 5 nitrogen and oxygen atoms in total. The Kier molecular flexibility index (Phi) is 4.11. The molecule has 18 heavy (non-hydrogen) atoms. The third kappa shape index (κ3) is 3.18. The van der Waals surface area contributed by atoms with Crippen LogP contribution in [-0.4, -0.2) is 22.0 Å². The number of rotatable bonds is 4. The summed E-state index contributed by atoms with van der Waals surface area (Å²) >= 11 is 3.35. The second-order valence-electron chi connectivity index (χ2n) is 3.75. The molecule has 0 spiro atoms. The number of nitrogens with two attached hydrogens (primary N) is 1. The third-order valence-corrected chi connectivity index (χ3v) is 2.83. The van der Waals surface area contributed by atoms with Gasteiger partial charge >= 0.3 is 0 Å². The molecular formula is C12H13BrN4O. The molecule has 0 fully saturated rings. The summed E-state index contributed by atoms with van der Waals surface area (Å²) in [5, 5.41) is 2.78. The monoisotopic (exact) mass is 308 g/mol. The minimum atomic E-state index is -0.233. The van der Waals surface area contributed by atoms with E-state index in [0.717, 1.165) is 10.2 Å². The van der Waals surface area contributed by atoms with Crippen molar-refractivity contribution in [1.29, 1.82) is 0 Å². The number of anilines is 1. The highest BCUT2D eigenvalue weighted by atomic mass is 79.9. The number of halogens is 1. The van der Waals surface area contributed by atoms with Crippen LogP contribution in [0.2, 0.25) is 0 Å². The van der Waals surface area contributed by atoms with Crippen LogP contribution in [0.1, 0.15) is 10.5 Å². The second kappa shape index (κ2) is 5.79. The van der Waals surface area contributed by atoms with E-state index in [4.69, 9.17) is 5.73 Å². The molecule has 0 unspecified atom stereocenters. The first-order valence-corrected chi connectivity index (χ1v) is 6.27. The van der Waals surface area contributed by atoms with Crippen molar-refractivity contribution in [2.24, 2.45) is 5.73 Å². The van der Waals surface area contributed by atoms with Crippen molar-refractivity contribution in [3.05, 3.63) is 47.0 Å². The van der Waals surface area contributed by atoms with Crippen LogP contribution >= 0.6 is 15.9 Å². The fourth-order valence-corrected chi connectivity index (χ4v) is 1.91. The number of aromatic nitrogens is 2. The first kappa shape index (κ1) is 12.8. The Hall–Kier alpha value is -1.66. The van der Waals surface area contributed by atoms with Gasteiger partial charge in [-0.15, -0.1) is 0 Å². The maximum Gasteiger partial charge on any atom is 0.275 e. The van der Waals surface area contributed by atoms with Gasteiger partial charge < -0.3 is 15.6 Å². The van der Waals surface area contributed by atoms with E-state index < -0.39 is 0 Å². The van der Waals surface area contributed by atoms with Crippen molar-refractivity contribution in [3.8, 4) is 0 Å². The van der Waals surface area contributed by atoms with Crippen LogP contribution in [0, 0.1) is 0 Å². The molecule has 0 saturated carbocycles. The zero-order chi connectivity index (χ0) is 13.0. The number of hydrogen-bond donors (Lipinski definition) is 2. The molecule has 1 heterocycles. The molecule has 94 valence electrons. The molecule has 0 bridgehead atoms. The number of carbonyl (C=O) groups excluding carboxylic acids is 1. The highest BCUT2D eigenvalue weighted by molar-refractivity contribution is 9.10. The number of imidazole rings is 1. The van der Waals surface area contributed by atoms with E-state index >= 15 is 0 Å². The molecule has 1 aromatic heterocycles. The molecule has 0 aliphatic carbocycles. The van der Waals surface area contributed by atoms with E-state index in [1.165, 1.54) is 0 Å². The Morgan fingerprint density at radius 1 is 1.50 bits per heavy atom. The van der Waals surface area contributed by atoms with E-state index in [0.29, 0.717) is 18.8 Å². The summed E-state index contributed by atoms with van der Waals surface area (Å²) in [5.74, 6) is -0.233. The summed E-state index contributed by atoms with van der Waals surface area (Å²) in [4.78, 5) is 15.9. The van der Waals surface area contributed by atoms with Gasteiger partial charge in [0.15, 0.2) is 0 Å². The largest absolute Gasteiger partial charge is 0.335 e. The lowest BCUT2D eigenvalue weighted by molar-refractivity contribution is 0.102. The lowest BCUT2D eigenvalue weighted by Gasteiger charge is -2.03. The van der Waals surface area contributed by atoms with Crippen molar-refractivity contribution in [2.45, 2.75) is 6.54 Å². The first-order chi connectivity index (χ1) is 8.69. The molecule has 0 aliphatic rings. The molecule has 1 amide bonds. The molecule has 2 aromatic rings. The maximum atomic E-state index is 11.9. The Balaban J connectivity index is 2.07. The smallest absolute Gasteiger partial charge is 0.275 e. The Morgan fingerprint density at radius 2 is 2.33 bits per heavy atom. The van der Waals surface area contributed by atoms with Crippen molar-refractivity contribution in [3.63, 3.8) is 0 Å². The maximum absolute atomic E-state index is 11.9. The number of carbonyl (C=O) groups is 1. The van der Waals surface area contributed by atoms with Crippen LogP contribution in [0.3, 0.4) is 0 Å². The summed E-state index contributed by atoms with van der Waals surface area (Å²) in [7, 11) is 0. The van der Waals surface area contributed by atoms with E-state index in [-0.39, 0.29) is 5.91 Å². The van der Waals surface area contributed by atoms with Crippen LogP contribution in [0.4, 0.5) is 5.69 Å². The number of amides is 1. The van der Waals surface area contributed by atoms with E-state index in [2.05, 4.69) is 26.2 Å². The van der Waals surface area contributed by atoms with Gasteiger partial charge in [-0.2, -0.15) is 0 Å². The van der Waals surface area contributed by atoms with E-state index in [1.54, 1.807) is 17.1 Å². The van der Waals surface area contributed by atoms with Gasteiger partial charge in [0.2, 0.25) is 0 Å². The van der Waals surface area contributed by atoms with Gasteiger partial charge in [0, 0.05) is 29.4 Å². The molecular weight excluding hydrogens is 296 g/mol. The summed E-state index contributed by atoms with van der Waals surface area (Å²) < 4.78 is 2.70. The average molecular weight is 309 g/mol. The quantitative estimate of drug-likeness (QED) is 0.905. The predicted molar refractivity (Wildman–Crippen MR) is 73.4 cm³/mol. The molecule has 0 radical (unpaired) electrons. The molecule has 3 N–H and O–H groups in total. The van der Waals surface area contributed by atoms with E-state index in [9.17, 15) is 4.79 Å². The van der Waals surface area contributed by atoms with Gasteiger partial charge in [0.25, 0.3) is 5.91 Å². The number of nitrogens with one attached hydrogen (secondary N) is 1. The minimum Gasteiger partial charge on any atom is -0.335 e. The van der Waals surface area contributed by atoms with Gasteiger partial charge in [0.05, 0.1) is 6.33 Å². The topological polar surface area (TPSA) is 72.9 Å². The highest BCUT2D eigenvalue weighted by Crippen LogP contribution is 2.16. The summed E-state index contributed by atoms with van der Waals surface area (Å²) in [6.45, 7) is 1.17. The van der Waals surface area contributed by atoms with Gasteiger partial charge in [-0.3, -0.25) is 4.79 Å². The minimum absolute atomic E-state index is 0.233. The van der Waals surface area contributed by atoms with Crippen LogP contribution < -0.4 is 11.1 Å². The molecule has 0 aliphatic heterocycles. The van der Waals surface area contributed by atoms with Crippen LogP contribution in [0.5, 0.6) is 0 Å².